The van der Waals surface area contributed by atoms with Crippen LogP contribution in [-0.4, -0.2) is 10.7 Å². The number of benzene rings is 2. The normalized spacial score (nSPS) is 20.5. The summed E-state index contributed by atoms with van der Waals surface area (Å²) in [5.41, 5.74) is 5.72. The Hall–Kier alpha value is -3.96. The van der Waals surface area contributed by atoms with Gasteiger partial charge in [0.1, 0.15) is 11.4 Å². The van der Waals surface area contributed by atoms with Crippen LogP contribution in [0.5, 0.6) is 5.75 Å². The largest absolute Gasteiger partial charge is 0.481 e. The summed E-state index contributed by atoms with van der Waals surface area (Å²) in [6.07, 6.45) is 7.13. The van der Waals surface area contributed by atoms with Gasteiger partial charge in [-0.3, -0.25) is 4.98 Å². The van der Waals surface area contributed by atoms with Gasteiger partial charge in [-0.15, -0.1) is 0 Å². The number of rotatable bonds is 1. The molecule has 3 aromatic rings. The fourth-order valence-corrected chi connectivity index (χ4v) is 4.57. The number of fused-ring (bicyclic) bond motifs is 3. The number of hydrogen-bond donors (Lipinski definition) is 0. The molecular weight excluding hydrogens is 372 g/mol. The van der Waals surface area contributed by atoms with Gasteiger partial charge >= 0.3 is 0 Å². The fourth-order valence-electron chi connectivity index (χ4n) is 4.57. The standard InChI is InChI=1S/C25H18N4O/c1-27-19-6-2-5-17(13-19)18-9-10-24-20(14-18)23(29-16-26)15-25(30-24)11-3-8-22-21(25)7-4-12-28-22/h2,4-7,9-10,12-14H,3,8,11,15H2. The molecule has 144 valence electrons. The van der Waals surface area contributed by atoms with Crippen LogP contribution < -0.4 is 4.74 Å². The summed E-state index contributed by atoms with van der Waals surface area (Å²) in [4.78, 5) is 12.3. The van der Waals surface area contributed by atoms with E-state index >= 15 is 0 Å². The molecule has 1 unspecified atom stereocenters. The molecule has 0 N–H and O–H groups in total. The van der Waals surface area contributed by atoms with Gasteiger partial charge in [-0.05, 0) is 54.7 Å². The van der Waals surface area contributed by atoms with Crippen molar-refractivity contribution in [2.45, 2.75) is 31.3 Å². The molecule has 1 atom stereocenters. The van der Waals surface area contributed by atoms with Crippen LogP contribution in [-0.2, 0) is 12.0 Å². The highest BCUT2D eigenvalue weighted by molar-refractivity contribution is 6.06. The van der Waals surface area contributed by atoms with Crippen molar-refractivity contribution in [1.82, 2.24) is 4.98 Å². The second-order valence-corrected chi connectivity index (χ2v) is 7.66. The Kier molecular flexibility index (Phi) is 4.30. The number of hydrogen-bond acceptors (Lipinski definition) is 4. The monoisotopic (exact) mass is 390 g/mol. The number of pyridine rings is 1. The van der Waals surface area contributed by atoms with Crippen LogP contribution in [0.3, 0.4) is 0 Å². The van der Waals surface area contributed by atoms with Crippen molar-refractivity contribution >= 4 is 11.4 Å². The first kappa shape index (κ1) is 18.1. The predicted molar refractivity (Wildman–Crippen MR) is 114 cm³/mol. The summed E-state index contributed by atoms with van der Waals surface area (Å²) in [6.45, 7) is 7.26. The Labute approximate surface area is 175 Å². The Morgan fingerprint density at radius 1 is 1.13 bits per heavy atom. The lowest BCUT2D eigenvalue weighted by Crippen LogP contribution is -2.42. The molecule has 0 radical (unpaired) electrons. The third-order valence-electron chi connectivity index (χ3n) is 5.92. The molecule has 5 rings (SSSR count). The van der Waals surface area contributed by atoms with Crippen molar-refractivity contribution in [3.8, 4) is 23.1 Å². The Morgan fingerprint density at radius 2 is 2.03 bits per heavy atom. The molecule has 1 aromatic heterocycles. The number of aryl methyl sites for hydroxylation is 1. The molecule has 1 aliphatic carbocycles. The number of ether oxygens (including phenoxy) is 1. The zero-order valence-corrected chi connectivity index (χ0v) is 16.3. The third kappa shape index (κ3) is 2.93. The maximum atomic E-state index is 9.36. The molecule has 2 aliphatic rings. The Bertz CT molecular complexity index is 1260. The van der Waals surface area contributed by atoms with Gasteiger partial charge in [0.2, 0.25) is 6.19 Å². The van der Waals surface area contributed by atoms with Crippen molar-refractivity contribution < 1.29 is 4.74 Å². The van der Waals surface area contributed by atoms with E-state index in [1.54, 1.807) is 6.07 Å². The van der Waals surface area contributed by atoms with E-state index in [4.69, 9.17) is 11.3 Å². The molecule has 1 spiro atoms. The maximum Gasteiger partial charge on any atom is 0.205 e. The fraction of sp³-hybridized carbons (Fsp3) is 0.200. The van der Waals surface area contributed by atoms with E-state index in [-0.39, 0.29) is 0 Å². The van der Waals surface area contributed by atoms with Crippen LogP contribution in [0.2, 0.25) is 0 Å². The lowest BCUT2D eigenvalue weighted by molar-refractivity contribution is 0.0483. The zero-order chi connectivity index (χ0) is 20.6. The van der Waals surface area contributed by atoms with Crippen molar-refractivity contribution in [3.63, 3.8) is 0 Å². The van der Waals surface area contributed by atoms with Gasteiger partial charge in [-0.25, -0.2) is 4.85 Å². The van der Waals surface area contributed by atoms with E-state index < -0.39 is 5.60 Å². The van der Waals surface area contributed by atoms with Crippen LogP contribution in [0.4, 0.5) is 5.69 Å². The molecular formula is C25H18N4O. The van der Waals surface area contributed by atoms with Crippen molar-refractivity contribution in [2.75, 3.05) is 0 Å². The van der Waals surface area contributed by atoms with E-state index in [1.807, 2.05) is 54.9 Å². The summed E-state index contributed by atoms with van der Waals surface area (Å²) in [5, 5.41) is 9.36. The molecule has 0 bridgehead atoms. The van der Waals surface area contributed by atoms with Gasteiger partial charge in [0.15, 0.2) is 5.69 Å². The van der Waals surface area contributed by atoms with Gasteiger partial charge in [0, 0.05) is 29.4 Å². The third-order valence-corrected chi connectivity index (χ3v) is 5.92. The molecule has 0 saturated carbocycles. The van der Waals surface area contributed by atoms with Crippen molar-refractivity contribution in [3.05, 3.63) is 89.0 Å². The average Bonchev–Trinajstić information content (AvgIpc) is 2.79. The lowest BCUT2D eigenvalue weighted by atomic mass is 9.75. The highest BCUT2D eigenvalue weighted by Gasteiger charge is 2.44. The molecule has 0 saturated heterocycles. The van der Waals surface area contributed by atoms with Crippen LogP contribution in [0.25, 0.3) is 16.0 Å². The average molecular weight is 390 g/mol. The van der Waals surface area contributed by atoms with Gasteiger partial charge < -0.3 is 4.74 Å². The number of nitriles is 1. The van der Waals surface area contributed by atoms with Gasteiger partial charge in [0.05, 0.1) is 12.3 Å². The first-order valence-electron chi connectivity index (χ1n) is 9.94. The molecule has 0 amide bonds. The van der Waals surface area contributed by atoms with Gasteiger partial charge in [-0.2, -0.15) is 10.3 Å². The van der Waals surface area contributed by atoms with E-state index in [0.717, 1.165) is 58.7 Å². The van der Waals surface area contributed by atoms with E-state index in [1.165, 1.54) is 0 Å². The number of nitrogens with zero attached hydrogens (tertiary/aromatic N) is 4. The first-order valence-corrected chi connectivity index (χ1v) is 9.94. The van der Waals surface area contributed by atoms with E-state index in [2.05, 4.69) is 20.9 Å². The summed E-state index contributed by atoms with van der Waals surface area (Å²) in [7, 11) is 0. The van der Waals surface area contributed by atoms with E-state index in [9.17, 15) is 5.26 Å². The second kappa shape index (κ2) is 7.13. The van der Waals surface area contributed by atoms with Crippen LogP contribution >= 0.6 is 0 Å². The maximum absolute atomic E-state index is 9.36. The molecule has 5 heteroatoms. The molecule has 5 nitrogen and oxygen atoms in total. The zero-order valence-electron chi connectivity index (χ0n) is 16.3. The van der Waals surface area contributed by atoms with E-state index in [0.29, 0.717) is 12.1 Å². The summed E-state index contributed by atoms with van der Waals surface area (Å²) in [6, 6.07) is 17.5. The number of aliphatic imine (C=N–C) groups is 1. The molecule has 2 heterocycles. The summed E-state index contributed by atoms with van der Waals surface area (Å²) >= 11 is 0. The summed E-state index contributed by atoms with van der Waals surface area (Å²) in [5.74, 6) is 0.733. The quantitative estimate of drug-likeness (QED) is 0.402. The lowest BCUT2D eigenvalue weighted by Gasteiger charge is -2.42. The van der Waals surface area contributed by atoms with Crippen LogP contribution in [0.15, 0.2) is 65.8 Å². The van der Waals surface area contributed by atoms with Crippen molar-refractivity contribution in [1.29, 1.82) is 5.26 Å². The molecule has 1 aliphatic heterocycles. The second-order valence-electron chi connectivity index (χ2n) is 7.66. The smallest absolute Gasteiger partial charge is 0.205 e. The summed E-state index contributed by atoms with van der Waals surface area (Å²) < 4.78 is 6.62. The van der Waals surface area contributed by atoms with Gasteiger partial charge in [-0.1, -0.05) is 30.3 Å². The minimum Gasteiger partial charge on any atom is -0.481 e. The highest BCUT2D eigenvalue weighted by atomic mass is 16.5. The van der Waals surface area contributed by atoms with Crippen molar-refractivity contribution in [2.24, 2.45) is 4.99 Å². The topological polar surface area (TPSA) is 62.6 Å². The van der Waals surface area contributed by atoms with Gasteiger partial charge in [0.25, 0.3) is 0 Å². The van der Waals surface area contributed by atoms with Crippen LogP contribution in [0.1, 0.15) is 36.1 Å². The minimum atomic E-state index is -0.532. The minimum absolute atomic E-state index is 0.532. The Balaban J connectivity index is 1.63. The highest BCUT2D eigenvalue weighted by Crippen LogP contribution is 2.47. The molecule has 2 aromatic carbocycles. The SMILES string of the molecule is [C-]#[N+]c1cccc(-c2ccc3c(c2)C(=NC#N)CC2(CCCc4ncccc42)O3)c1. The predicted octanol–water partition coefficient (Wildman–Crippen LogP) is 5.58. The Morgan fingerprint density at radius 3 is 2.90 bits per heavy atom. The first-order chi connectivity index (χ1) is 14.7. The molecule has 0 fully saturated rings. The number of aromatic nitrogens is 1. The molecule has 30 heavy (non-hydrogen) atoms. The van der Waals surface area contributed by atoms with Crippen LogP contribution in [0, 0.1) is 18.0 Å².